The van der Waals surface area contributed by atoms with Gasteiger partial charge in [-0.2, -0.15) is 4.31 Å². The zero-order valence-electron chi connectivity index (χ0n) is 15.6. The van der Waals surface area contributed by atoms with Gasteiger partial charge in [0.15, 0.2) is 5.03 Å². The molecular formula is C18H21ClN4O4S. The van der Waals surface area contributed by atoms with Crippen molar-refractivity contribution in [1.82, 2.24) is 13.9 Å². The van der Waals surface area contributed by atoms with Crippen LogP contribution in [0.5, 0.6) is 0 Å². The fourth-order valence-electron chi connectivity index (χ4n) is 3.68. The summed E-state index contributed by atoms with van der Waals surface area (Å²) in [6, 6.07) is 5.22. The molecule has 2 aliphatic rings. The number of anilines is 1. The van der Waals surface area contributed by atoms with Gasteiger partial charge in [-0.15, -0.1) is 0 Å². The molecule has 0 bridgehead atoms. The van der Waals surface area contributed by atoms with E-state index in [0.717, 1.165) is 11.3 Å². The number of amides is 1. The summed E-state index contributed by atoms with van der Waals surface area (Å²) >= 11 is 6.05. The minimum atomic E-state index is -3.65. The maximum Gasteiger partial charge on any atom is 0.414 e. The zero-order chi connectivity index (χ0) is 20.1. The SMILES string of the molecule is Cc1nc(S(=O)(=O)N2CCC(N3C(=O)OCc4cc(Cl)ccc43)CC2)cn1C. The van der Waals surface area contributed by atoms with Crippen molar-refractivity contribution in [3.8, 4) is 0 Å². The van der Waals surface area contributed by atoms with Gasteiger partial charge in [0.25, 0.3) is 10.0 Å². The first kappa shape index (κ1) is 19.2. The number of halogens is 1. The highest BCUT2D eigenvalue weighted by molar-refractivity contribution is 7.89. The Morgan fingerprint density at radius 3 is 2.61 bits per heavy atom. The van der Waals surface area contributed by atoms with E-state index in [4.69, 9.17) is 16.3 Å². The van der Waals surface area contributed by atoms with E-state index in [1.54, 1.807) is 35.6 Å². The minimum absolute atomic E-state index is 0.0586. The lowest BCUT2D eigenvalue weighted by atomic mass is 10.0. The molecule has 1 aromatic heterocycles. The third-order valence-electron chi connectivity index (χ3n) is 5.33. The van der Waals surface area contributed by atoms with Crippen LogP contribution in [0.4, 0.5) is 10.5 Å². The summed E-state index contributed by atoms with van der Waals surface area (Å²) in [6.45, 7) is 2.58. The van der Waals surface area contributed by atoms with Gasteiger partial charge in [0, 0.05) is 43.0 Å². The maximum atomic E-state index is 12.9. The third kappa shape index (κ3) is 3.27. The largest absolute Gasteiger partial charge is 0.444 e. The number of aromatic nitrogens is 2. The van der Waals surface area contributed by atoms with Crippen LogP contribution >= 0.6 is 11.6 Å². The van der Waals surface area contributed by atoms with Crippen LogP contribution in [-0.4, -0.2) is 47.5 Å². The van der Waals surface area contributed by atoms with Crippen LogP contribution in [0.2, 0.25) is 5.02 Å². The summed E-state index contributed by atoms with van der Waals surface area (Å²) in [5.74, 6) is 0.639. The van der Waals surface area contributed by atoms with Crippen LogP contribution in [0.25, 0.3) is 0 Å². The van der Waals surface area contributed by atoms with Crippen molar-refractivity contribution in [2.45, 2.75) is 37.4 Å². The molecular weight excluding hydrogens is 404 g/mol. The second-order valence-corrected chi connectivity index (χ2v) is 9.39. The van der Waals surface area contributed by atoms with Crippen molar-refractivity contribution in [1.29, 1.82) is 0 Å². The van der Waals surface area contributed by atoms with Gasteiger partial charge in [-0.3, -0.25) is 4.90 Å². The van der Waals surface area contributed by atoms with Gasteiger partial charge in [0.2, 0.25) is 0 Å². The van der Waals surface area contributed by atoms with Crippen LogP contribution in [0.3, 0.4) is 0 Å². The van der Waals surface area contributed by atoms with Gasteiger partial charge >= 0.3 is 6.09 Å². The number of hydrogen-bond acceptors (Lipinski definition) is 5. The molecule has 0 radical (unpaired) electrons. The number of carbonyl (C=O) groups excluding carboxylic acids is 1. The number of fused-ring (bicyclic) bond motifs is 1. The number of cyclic esters (lactones) is 1. The molecule has 1 saturated heterocycles. The maximum absolute atomic E-state index is 12.9. The van der Waals surface area contributed by atoms with E-state index in [0.29, 0.717) is 36.8 Å². The molecule has 28 heavy (non-hydrogen) atoms. The minimum Gasteiger partial charge on any atom is -0.444 e. The number of nitrogens with zero attached hydrogens (tertiary/aromatic N) is 4. The summed E-state index contributed by atoms with van der Waals surface area (Å²) in [5, 5.41) is 0.645. The summed E-state index contributed by atoms with van der Waals surface area (Å²) in [4.78, 5) is 18.2. The van der Waals surface area contributed by atoms with E-state index < -0.39 is 16.1 Å². The fraction of sp³-hybridized carbons (Fsp3) is 0.444. The van der Waals surface area contributed by atoms with E-state index in [-0.39, 0.29) is 17.7 Å². The molecule has 0 N–H and O–H groups in total. The Labute approximate surface area is 168 Å². The second-order valence-electron chi connectivity index (χ2n) is 7.07. The van der Waals surface area contributed by atoms with Gasteiger partial charge in [-0.05, 0) is 38.0 Å². The third-order valence-corrected chi connectivity index (χ3v) is 7.33. The van der Waals surface area contributed by atoms with Crippen molar-refractivity contribution < 1.29 is 17.9 Å². The van der Waals surface area contributed by atoms with E-state index in [2.05, 4.69) is 4.98 Å². The first-order valence-electron chi connectivity index (χ1n) is 9.02. The highest BCUT2D eigenvalue weighted by atomic mass is 35.5. The van der Waals surface area contributed by atoms with Crippen molar-refractivity contribution in [2.75, 3.05) is 18.0 Å². The van der Waals surface area contributed by atoms with Gasteiger partial charge < -0.3 is 9.30 Å². The van der Waals surface area contributed by atoms with Gasteiger partial charge in [0.05, 0.1) is 5.69 Å². The lowest BCUT2D eigenvalue weighted by molar-refractivity contribution is 0.136. The predicted molar refractivity (Wildman–Crippen MR) is 104 cm³/mol. The first-order valence-corrected chi connectivity index (χ1v) is 10.8. The Hall–Kier alpha value is -2.10. The van der Waals surface area contributed by atoms with Gasteiger partial charge in [-0.1, -0.05) is 11.6 Å². The number of piperidine rings is 1. The van der Waals surface area contributed by atoms with Gasteiger partial charge in [-0.25, -0.2) is 18.2 Å². The van der Waals surface area contributed by atoms with Crippen molar-refractivity contribution in [3.05, 3.63) is 40.8 Å². The molecule has 2 aliphatic heterocycles. The zero-order valence-corrected chi connectivity index (χ0v) is 17.2. The smallest absolute Gasteiger partial charge is 0.414 e. The summed E-state index contributed by atoms with van der Waals surface area (Å²) < 4.78 is 34.1. The molecule has 150 valence electrons. The average Bonchev–Trinajstić information content (AvgIpc) is 3.01. The molecule has 0 unspecified atom stereocenters. The summed E-state index contributed by atoms with van der Waals surface area (Å²) in [6.07, 6.45) is 2.15. The molecule has 8 nitrogen and oxygen atoms in total. The molecule has 3 heterocycles. The fourth-order valence-corrected chi connectivity index (χ4v) is 5.37. The normalized spacial score (nSPS) is 18.8. The highest BCUT2D eigenvalue weighted by Crippen LogP contribution is 2.34. The molecule has 0 atom stereocenters. The number of benzene rings is 1. The summed E-state index contributed by atoms with van der Waals surface area (Å²) in [5.41, 5.74) is 1.63. The lowest BCUT2D eigenvalue weighted by Crippen LogP contribution is -2.50. The van der Waals surface area contributed by atoms with E-state index >= 15 is 0 Å². The number of aryl methyl sites for hydroxylation is 2. The second kappa shape index (κ2) is 7.06. The number of ether oxygens (including phenoxy) is 1. The Bertz CT molecular complexity index is 1010. The number of carbonyl (C=O) groups is 1. The molecule has 10 heteroatoms. The van der Waals surface area contributed by atoms with Crippen LogP contribution in [-0.2, 0) is 28.4 Å². The number of rotatable bonds is 3. The Morgan fingerprint density at radius 1 is 1.25 bits per heavy atom. The number of hydrogen-bond donors (Lipinski definition) is 0. The predicted octanol–water partition coefficient (Wildman–Crippen LogP) is 2.69. The van der Waals surface area contributed by atoms with Crippen LogP contribution in [0.1, 0.15) is 24.2 Å². The Kier molecular flexibility index (Phi) is 4.84. The quantitative estimate of drug-likeness (QED) is 0.756. The standard InChI is InChI=1S/C18H21ClN4O4S/c1-12-20-17(10-21(12)2)28(25,26)22-7-5-15(6-8-22)23-16-4-3-14(19)9-13(16)11-27-18(23)24/h3-4,9-10,15H,5-8,11H2,1-2H3. The lowest BCUT2D eigenvalue weighted by Gasteiger charge is -2.39. The number of sulfonamides is 1. The summed E-state index contributed by atoms with van der Waals surface area (Å²) in [7, 11) is -1.89. The van der Waals surface area contributed by atoms with Crippen molar-refractivity contribution in [3.63, 3.8) is 0 Å². The first-order chi connectivity index (χ1) is 13.3. The van der Waals surface area contributed by atoms with Gasteiger partial charge in [0.1, 0.15) is 12.4 Å². The molecule has 2 aromatic rings. The molecule has 1 amide bonds. The average molecular weight is 425 g/mol. The Morgan fingerprint density at radius 2 is 1.96 bits per heavy atom. The molecule has 4 rings (SSSR count). The molecule has 1 aromatic carbocycles. The Balaban J connectivity index is 1.52. The van der Waals surface area contributed by atoms with Crippen LogP contribution in [0.15, 0.2) is 29.4 Å². The van der Waals surface area contributed by atoms with E-state index in [9.17, 15) is 13.2 Å². The topological polar surface area (TPSA) is 84.7 Å². The van der Waals surface area contributed by atoms with E-state index in [1.165, 1.54) is 10.5 Å². The van der Waals surface area contributed by atoms with Crippen molar-refractivity contribution in [2.24, 2.45) is 7.05 Å². The molecule has 0 aliphatic carbocycles. The van der Waals surface area contributed by atoms with Crippen LogP contribution in [0, 0.1) is 6.92 Å². The van der Waals surface area contributed by atoms with E-state index in [1.807, 2.05) is 6.07 Å². The van der Waals surface area contributed by atoms with Crippen molar-refractivity contribution >= 4 is 33.4 Å². The molecule has 0 saturated carbocycles. The number of imidazole rings is 1. The molecule has 1 fully saturated rings. The van der Waals surface area contributed by atoms with Crippen LogP contribution < -0.4 is 4.90 Å². The highest BCUT2D eigenvalue weighted by Gasteiger charge is 2.37. The molecule has 0 spiro atoms. The monoisotopic (exact) mass is 424 g/mol.